The summed E-state index contributed by atoms with van der Waals surface area (Å²) >= 11 is 0. The summed E-state index contributed by atoms with van der Waals surface area (Å²) in [4.78, 5) is 17.2. The first-order valence-electron chi connectivity index (χ1n) is 9.33. The van der Waals surface area contributed by atoms with E-state index in [1.807, 2.05) is 0 Å². The third-order valence-electron chi connectivity index (χ3n) is 6.10. The van der Waals surface area contributed by atoms with Gasteiger partial charge in [0, 0.05) is 31.1 Å². The second-order valence-electron chi connectivity index (χ2n) is 7.48. The quantitative estimate of drug-likeness (QED) is 0.833. The Kier molecular flexibility index (Phi) is 5.24. The van der Waals surface area contributed by atoms with Crippen LogP contribution in [0.5, 0.6) is 0 Å². The summed E-state index contributed by atoms with van der Waals surface area (Å²) in [5.41, 5.74) is 1.03. The molecule has 24 heavy (non-hydrogen) atoms. The van der Waals surface area contributed by atoms with Crippen molar-refractivity contribution in [3.8, 4) is 0 Å². The van der Waals surface area contributed by atoms with Crippen molar-refractivity contribution in [1.82, 2.24) is 9.80 Å². The van der Waals surface area contributed by atoms with Gasteiger partial charge < -0.3 is 9.80 Å². The highest BCUT2D eigenvalue weighted by atomic mass is 19.1. The number of likely N-dealkylation sites (tertiary alicyclic amines) is 2. The van der Waals surface area contributed by atoms with Gasteiger partial charge in [-0.15, -0.1) is 0 Å². The Hall–Kier alpha value is -1.42. The number of benzene rings is 1. The van der Waals surface area contributed by atoms with E-state index < -0.39 is 0 Å². The lowest BCUT2D eigenvalue weighted by molar-refractivity contribution is -0.132. The molecule has 1 spiro atoms. The Balaban J connectivity index is 1.75. The molecule has 0 radical (unpaired) electrons. The van der Waals surface area contributed by atoms with Crippen LogP contribution in [0.2, 0.25) is 0 Å². The Morgan fingerprint density at radius 3 is 2.62 bits per heavy atom. The number of nitrogens with zero attached hydrogens (tertiary/aromatic N) is 2. The molecular weight excluding hydrogens is 303 g/mol. The van der Waals surface area contributed by atoms with Crippen LogP contribution < -0.4 is 0 Å². The second-order valence-corrected chi connectivity index (χ2v) is 7.48. The van der Waals surface area contributed by atoms with Crippen molar-refractivity contribution in [3.63, 3.8) is 0 Å². The summed E-state index contributed by atoms with van der Waals surface area (Å²) in [7, 11) is 0. The van der Waals surface area contributed by atoms with E-state index in [1.165, 1.54) is 18.6 Å². The van der Waals surface area contributed by atoms with Gasteiger partial charge in [-0.05, 0) is 63.3 Å². The third-order valence-corrected chi connectivity index (χ3v) is 6.10. The van der Waals surface area contributed by atoms with E-state index in [2.05, 4.69) is 23.6 Å². The van der Waals surface area contributed by atoms with E-state index in [1.54, 1.807) is 12.1 Å². The van der Waals surface area contributed by atoms with Crippen LogP contribution in [0.15, 0.2) is 24.3 Å². The van der Waals surface area contributed by atoms with Gasteiger partial charge in [-0.2, -0.15) is 0 Å². The lowest BCUT2D eigenvalue weighted by Crippen LogP contribution is -2.46. The standard InChI is InChI=1S/C20H29FN2O/c1-3-16(2)22-13-4-10-20(12-14-22)11-9-19(24)23(20)15-17-5-7-18(21)8-6-17/h5-8,16H,3-4,9-15H2,1-2H3/t16-,20-/m1/s1. The Morgan fingerprint density at radius 1 is 1.17 bits per heavy atom. The number of hydrogen-bond acceptors (Lipinski definition) is 2. The fourth-order valence-corrected chi connectivity index (χ4v) is 4.32. The molecule has 3 rings (SSSR count). The van der Waals surface area contributed by atoms with Crippen molar-refractivity contribution in [3.05, 3.63) is 35.6 Å². The molecule has 0 N–H and O–H groups in total. The smallest absolute Gasteiger partial charge is 0.223 e. The molecule has 2 fully saturated rings. The molecule has 0 bridgehead atoms. The van der Waals surface area contributed by atoms with Crippen molar-refractivity contribution in [1.29, 1.82) is 0 Å². The summed E-state index contributed by atoms with van der Waals surface area (Å²) < 4.78 is 13.1. The molecule has 2 aliphatic rings. The average molecular weight is 332 g/mol. The van der Waals surface area contributed by atoms with Gasteiger partial charge in [0.1, 0.15) is 5.82 Å². The molecule has 0 unspecified atom stereocenters. The summed E-state index contributed by atoms with van der Waals surface area (Å²) in [6, 6.07) is 7.19. The minimum absolute atomic E-state index is 0.00762. The fourth-order valence-electron chi connectivity index (χ4n) is 4.32. The Labute approximate surface area is 144 Å². The third kappa shape index (κ3) is 3.49. The van der Waals surface area contributed by atoms with Gasteiger partial charge in [-0.1, -0.05) is 19.1 Å². The van der Waals surface area contributed by atoms with Crippen LogP contribution >= 0.6 is 0 Å². The highest BCUT2D eigenvalue weighted by molar-refractivity contribution is 5.79. The van der Waals surface area contributed by atoms with E-state index >= 15 is 0 Å². The van der Waals surface area contributed by atoms with Crippen LogP contribution in [0, 0.1) is 5.82 Å². The van der Waals surface area contributed by atoms with Crippen LogP contribution in [0.4, 0.5) is 4.39 Å². The molecule has 2 heterocycles. The first-order valence-corrected chi connectivity index (χ1v) is 9.33. The largest absolute Gasteiger partial charge is 0.333 e. The second kappa shape index (κ2) is 7.22. The number of hydrogen-bond donors (Lipinski definition) is 0. The van der Waals surface area contributed by atoms with Gasteiger partial charge in [0.2, 0.25) is 5.91 Å². The average Bonchev–Trinajstić information content (AvgIpc) is 2.76. The lowest BCUT2D eigenvalue weighted by Gasteiger charge is -2.38. The molecular formula is C20H29FN2O. The van der Waals surface area contributed by atoms with Gasteiger partial charge in [-0.25, -0.2) is 4.39 Å². The highest BCUT2D eigenvalue weighted by Crippen LogP contribution is 2.40. The SMILES string of the molecule is CC[C@@H](C)N1CCC[C@@]2(CCC(=O)N2Cc2ccc(F)cc2)CC1. The number of carbonyl (C=O) groups excluding carboxylic acids is 1. The van der Waals surface area contributed by atoms with E-state index in [-0.39, 0.29) is 17.3 Å². The van der Waals surface area contributed by atoms with Crippen LogP contribution in [0.3, 0.4) is 0 Å². The Morgan fingerprint density at radius 2 is 1.92 bits per heavy atom. The van der Waals surface area contributed by atoms with Gasteiger partial charge in [0.05, 0.1) is 0 Å². The van der Waals surface area contributed by atoms with Crippen LogP contribution in [-0.4, -0.2) is 40.4 Å². The molecule has 1 aromatic rings. The van der Waals surface area contributed by atoms with E-state index in [4.69, 9.17) is 0 Å². The van der Waals surface area contributed by atoms with Crippen molar-refractivity contribution >= 4 is 5.91 Å². The first kappa shape index (κ1) is 17.4. The summed E-state index contributed by atoms with van der Waals surface area (Å²) in [6.45, 7) is 7.36. The van der Waals surface area contributed by atoms with Gasteiger partial charge in [0.15, 0.2) is 0 Å². The Bertz CT molecular complexity index is 574. The molecule has 2 saturated heterocycles. The van der Waals surface area contributed by atoms with E-state index in [9.17, 15) is 9.18 Å². The maximum absolute atomic E-state index is 13.1. The normalized spacial score (nSPS) is 26.8. The molecule has 132 valence electrons. The molecule has 0 saturated carbocycles. The zero-order valence-electron chi connectivity index (χ0n) is 14.9. The maximum Gasteiger partial charge on any atom is 0.223 e. The number of rotatable bonds is 4. The van der Waals surface area contributed by atoms with Crippen molar-refractivity contribution < 1.29 is 9.18 Å². The van der Waals surface area contributed by atoms with Gasteiger partial charge in [0.25, 0.3) is 0 Å². The minimum Gasteiger partial charge on any atom is -0.333 e. The number of amides is 1. The molecule has 0 aliphatic carbocycles. The van der Waals surface area contributed by atoms with Crippen molar-refractivity contribution in [2.45, 2.75) is 70.5 Å². The predicted molar refractivity (Wildman–Crippen MR) is 94.1 cm³/mol. The zero-order chi connectivity index (χ0) is 17.2. The van der Waals surface area contributed by atoms with Gasteiger partial charge in [-0.3, -0.25) is 4.79 Å². The van der Waals surface area contributed by atoms with Crippen LogP contribution in [-0.2, 0) is 11.3 Å². The van der Waals surface area contributed by atoms with Gasteiger partial charge >= 0.3 is 0 Å². The summed E-state index contributed by atoms with van der Waals surface area (Å²) in [5.74, 6) is 0.0381. The molecule has 1 amide bonds. The minimum atomic E-state index is -0.222. The molecule has 2 atom stereocenters. The topological polar surface area (TPSA) is 23.6 Å². The number of halogens is 1. The zero-order valence-corrected chi connectivity index (χ0v) is 14.9. The van der Waals surface area contributed by atoms with Crippen LogP contribution in [0.1, 0.15) is 57.9 Å². The highest BCUT2D eigenvalue weighted by Gasteiger charge is 2.45. The van der Waals surface area contributed by atoms with E-state index in [0.717, 1.165) is 44.3 Å². The molecule has 4 heteroatoms. The van der Waals surface area contributed by atoms with E-state index in [0.29, 0.717) is 19.0 Å². The summed E-state index contributed by atoms with van der Waals surface area (Å²) in [5, 5.41) is 0. The maximum atomic E-state index is 13.1. The fraction of sp³-hybridized carbons (Fsp3) is 0.650. The van der Waals surface area contributed by atoms with Crippen molar-refractivity contribution in [2.75, 3.05) is 13.1 Å². The molecule has 3 nitrogen and oxygen atoms in total. The first-order chi connectivity index (χ1) is 11.5. The van der Waals surface area contributed by atoms with Crippen LogP contribution in [0.25, 0.3) is 0 Å². The molecule has 2 aliphatic heterocycles. The monoisotopic (exact) mass is 332 g/mol. The summed E-state index contributed by atoms with van der Waals surface area (Å²) in [6.07, 6.45) is 6.10. The lowest BCUT2D eigenvalue weighted by atomic mass is 9.87. The molecule has 1 aromatic carbocycles. The van der Waals surface area contributed by atoms with Crippen molar-refractivity contribution in [2.24, 2.45) is 0 Å². The molecule has 0 aromatic heterocycles. The number of carbonyl (C=O) groups is 1. The predicted octanol–water partition coefficient (Wildman–Crippen LogP) is 3.97.